The van der Waals surface area contributed by atoms with Crippen molar-refractivity contribution in [1.82, 2.24) is 0 Å². The number of nitrogens with zero attached hydrogens (tertiary/aromatic N) is 1. The summed E-state index contributed by atoms with van der Waals surface area (Å²) in [6.45, 7) is 1.90. The van der Waals surface area contributed by atoms with Gasteiger partial charge < -0.3 is 9.84 Å². The Kier molecular flexibility index (Phi) is 4.35. The highest BCUT2D eigenvalue weighted by molar-refractivity contribution is 5.84. The van der Waals surface area contributed by atoms with Crippen LogP contribution in [-0.4, -0.2) is 18.4 Å². The summed E-state index contributed by atoms with van der Waals surface area (Å²) >= 11 is 0. The van der Waals surface area contributed by atoms with Gasteiger partial charge in [-0.05, 0) is 36.8 Å². The van der Waals surface area contributed by atoms with Crippen LogP contribution in [0.1, 0.15) is 24.1 Å². The van der Waals surface area contributed by atoms with Crippen LogP contribution in [0.2, 0.25) is 0 Å². The summed E-state index contributed by atoms with van der Waals surface area (Å²) in [7, 11) is 1.50. The first kappa shape index (κ1) is 14.1. The van der Waals surface area contributed by atoms with Crippen LogP contribution < -0.4 is 4.74 Å². The number of phenols is 1. The van der Waals surface area contributed by atoms with Crippen LogP contribution in [0.15, 0.2) is 47.5 Å². The Balaban J connectivity index is 2.19. The van der Waals surface area contributed by atoms with Gasteiger partial charge in [0.1, 0.15) is 5.82 Å². The first-order valence-corrected chi connectivity index (χ1v) is 6.26. The quantitative estimate of drug-likeness (QED) is 0.863. The van der Waals surface area contributed by atoms with Crippen LogP contribution in [0.25, 0.3) is 0 Å². The minimum Gasteiger partial charge on any atom is -0.504 e. The van der Waals surface area contributed by atoms with Crippen molar-refractivity contribution in [2.75, 3.05) is 7.11 Å². The summed E-state index contributed by atoms with van der Waals surface area (Å²) < 4.78 is 17.9. The molecule has 2 rings (SSSR count). The van der Waals surface area contributed by atoms with Gasteiger partial charge in [-0.25, -0.2) is 4.39 Å². The third-order valence-corrected chi connectivity index (χ3v) is 3.04. The van der Waals surface area contributed by atoms with Crippen LogP contribution in [0, 0.1) is 5.82 Å². The molecule has 0 unspecified atom stereocenters. The van der Waals surface area contributed by atoms with Gasteiger partial charge in [0.25, 0.3) is 0 Å². The van der Waals surface area contributed by atoms with Crippen molar-refractivity contribution in [3.63, 3.8) is 0 Å². The molecule has 0 saturated carbocycles. The van der Waals surface area contributed by atoms with Crippen LogP contribution in [0.4, 0.5) is 4.39 Å². The Morgan fingerprint density at radius 3 is 2.55 bits per heavy atom. The lowest BCUT2D eigenvalue weighted by atomic mass is 10.1. The minimum absolute atomic E-state index is 0.0602. The standard InChI is InChI=1S/C16H16FNO2/c1-11(12-6-8-14(17)9-7-12)18-10-13-4-3-5-15(20-2)16(13)19/h3-11,19H,1-2H3/t11-/m1/s1. The summed E-state index contributed by atoms with van der Waals surface area (Å²) in [6, 6.07) is 11.3. The number of ether oxygens (including phenoxy) is 1. The zero-order chi connectivity index (χ0) is 14.5. The van der Waals surface area contributed by atoms with E-state index >= 15 is 0 Å². The number of phenolic OH excluding ortho intramolecular Hbond substituents is 1. The largest absolute Gasteiger partial charge is 0.504 e. The van der Waals surface area contributed by atoms with Gasteiger partial charge in [-0.1, -0.05) is 18.2 Å². The van der Waals surface area contributed by atoms with Gasteiger partial charge >= 0.3 is 0 Å². The molecule has 0 heterocycles. The first-order chi connectivity index (χ1) is 9.61. The maximum atomic E-state index is 12.9. The molecule has 0 saturated heterocycles. The molecular weight excluding hydrogens is 257 g/mol. The van der Waals surface area contributed by atoms with Crippen molar-refractivity contribution >= 4 is 6.21 Å². The summed E-state index contributed by atoms with van der Waals surface area (Å²) in [6.07, 6.45) is 1.59. The maximum Gasteiger partial charge on any atom is 0.166 e. The van der Waals surface area contributed by atoms with Gasteiger partial charge in [0, 0.05) is 11.8 Å². The van der Waals surface area contributed by atoms with Gasteiger partial charge in [-0.2, -0.15) is 0 Å². The van der Waals surface area contributed by atoms with Gasteiger partial charge in [-0.3, -0.25) is 4.99 Å². The molecule has 3 nitrogen and oxygen atoms in total. The maximum absolute atomic E-state index is 12.9. The molecule has 0 aromatic heterocycles. The van der Waals surface area contributed by atoms with Crippen LogP contribution in [0.5, 0.6) is 11.5 Å². The molecule has 1 N–H and O–H groups in total. The molecule has 0 fully saturated rings. The molecule has 0 amide bonds. The van der Waals surface area contributed by atoms with E-state index in [2.05, 4.69) is 4.99 Å². The first-order valence-electron chi connectivity index (χ1n) is 6.26. The highest BCUT2D eigenvalue weighted by Crippen LogP contribution is 2.28. The zero-order valence-corrected chi connectivity index (χ0v) is 11.4. The number of hydrogen-bond donors (Lipinski definition) is 1. The molecule has 104 valence electrons. The van der Waals surface area contributed by atoms with Crippen molar-refractivity contribution in [3.8, 4) is 11.5 Å². The van der Waals surface area contributed by atoms with Crippen LogP contribution in [-0.2, 0) is 0 Å². The Bertz CT molecular complexity index is 608. The second-order valence-corrected chi connectivity index (χ2v) is 4.40. The smallest absolute Gasteiger partial charge is 0.166 e. The monoisotopic (exact) mass is 273 g/mol. The molecule has 2 aromatic carbocycles. The van der Waals surface area contributed by atoms with Gasteiger partial charge in [0.15, 0.2) is 11.5 Å². The van der Waals surface area contributed by atoms with E-state index in [0.29, 0.717) is 11.3 Å². The molecule has 20 heavy (non-hydrogen) atoms. The highest BCUT2D eigenvalue weighted by Gasteiger charge is 2.06. The molecule has 0 aliphatic carbocycles. The second-order valence-electron chi connectivity index (χ2n) is 4.40. The Hall–Kier alpha value is -2.36. The summed E-state index contributed by atoms with van der Waals surface area (Å²) in [5, 5.41) is 9.94. The SMILES string of the molecule is COc1cccc(C=N[C@H](C)c2ccc(F)cc2)c1O. The van der Waals surface area contributed by atoms with E-state index in [0.717, 1.165) is 5.56 Å². The fraction of sp³-hybridized carbons (Fsp3) is 0.188. The van der Waals surface area contributed by atoms with Gasteiger partial charge in [0.2, 0.25) is 0 Å². The number of aliphatic imine (C=N–C) groups is 1. The van der Waals surface area contributed by atoms with Crippen molar-refractivity contribution in [2.24, 2.45) is 4.99 Å². The number of rotatable bonds is 4. The van der Waals surface area contributed by atoms with Crippen molar-refractivity contribution in [3.05, 3.63) is 59.4 Å². The molecule has 0 spiro atoms. The van der Waals surface area contributed by atoms with Gasteiger partial charge in [-0.15, -0.1) is 0 Å². The van der Waals surface area contributed by atoms with Gasteiger partial charge in [0.05, 0.1) is 13.2 Å². The molecule has 0 aliphatic rings. The number of aromatic hydroxyl groups is 1. The Morgan fingerprint density at radius 2 is 1.90 bits per heavy atom. The lowest BCUT2D eigenvalue weighted by Gasteiger charge is -2.08. The number of para-hydroxylation sites is 1. The van der Waals surface area contributed by atoms with E-state index in [1.165, 1.54) is 19.2 Å². The molecule has 1 atom stereocenters. The molecule has 0 aliphatic heterocycles. The lowest BCUT2D eigenvalue weighted by molar-refractivity contribution is 0.373. The van der Waals surface area contributed by atoms with Crippen LogP contribution in [0.3, 0.4) is 0 Å². The molecule has 0 bridgehead atoms. The predicted octanol–water partition coefficient (Wildman–Crippen LogP) is 3.72. The average Bonchev–Trinajstić information content (AvgIpc) is 2.46. The van der Waals surface area contributed by atoms with E-state index in [1.807, 2.05) is 6.92 Å². The fourth-order valence-corrected chi connectivity index (χ4v) is 1.83. The predicted molar refractivity (Wildman–Crippen MR) is 77.1 cm³/mol. The van der Waals surface area contributed by atoms with E-state index in [9.17, 15) is 9.50 Å². The second kappa shape index (κ2) is 6.19. The van der Waals surface area contributed by atoms with Crippen molar-refractivity contribution in [1.29, 1.82) is 0 Å². The van der Waals surface area contributed by atoms with E-state index in [1.54, 1.807) is 36.5 Å². The van der Waals surface area contributed by atoms with Crippen molar-refractivity contribution in [2.45, 2.75) is 13.0 Å². The van der Waals surface area contributed by atoms with Crippen LogP contribution >= 0.6 is 0 Å². The number of benzene rings is 2. The number of halogens is 1. The number of methoxy groups -OCH3 is 1. The Labute approximate surface area is 117 Å². The topological polar surface area (TPSA) is 41.8 Å². The normalized spacial score (nSPS) is 12.6. The number of hydrogen-bond acceptors (Lipinski definition) is 3. The summed E-state index contributed by atoms with van der Waals surface area (Å²) in [5.74, 6) is 0.198. The zero-order valence-electron chi connectivity index (χ0n) is 11.4. The molecule has 4 heteroatoms. The fourth-order valence-electron chi connectivity index (χ4n) is 1.83. The average molecular weight is 273 g/mol. The highest BCUT2D eigenvalue weighted by atomic mass is 19.1. The molecule has 0 radical (unpaired) electrons. The Morgan fingerprint density at radius 1 is 1.20 bits per heavy atom. The molecule has 2 aromatic rings. The van der Waals surface area contributed by atoms with E-state index in [-0.39, 0.29) is 17.6 Å². The summed E-state index contributed by atoms with van der Waals surface area (Å²) in [4.78, 5) is 4.37. The summed E-state index contributed by atoms with van der Waals surface area (Å²) in [5.41, 5.74) is 1.49. The molecular formula is C16H16FNO2. The third kappa shape index (κ3) is 3.15. The van der Waals surface area contributed by atoms with E-state index in [4.69, 9.17) is 4.74 Å². The minimum atomic E-state index is -0.268. The lowest BCUT2D eigenvalue weighted by Crippen LogP contribution is -1.93. The third-order valence-electron chi connectivity index (χ3n) is 3.04. The van der Waals surface area contributed by atoms with E-state index < -0.39 is 0 Å². The van der Waals surface area contributed by atoms with Crippen molar-refractivity contribution < 1.29 is 14.2 Å².